The third-order valence-electron chi connectivity index (χ3n) is 4.63. The van der Waals surface area contributed by atoms with Crippen LogP contribution in [0.5, 0.6) is 0 Å². The van der Waals surface area contributed by atoms with Crippen LogP contribution < -0.4 is 0 Å². The Kier molecular flexibility index (Phi) is 5.67. The van der Waals surface area contributed by atoms with Crippen LogP contribution in [0.15, 0.2) is 104 Å². The van der Waals surface area contributed by atoms with Gasteiger partial charge in [-0.1, -0.05) is 97.1 Å². The predicted molar refractivity (Wildman–Crippen MR) is 106 cm³/mol. The number of benzene rings is 3. The quantitative estimate of drug-likeness (QED) is 0.486. The second-order valence-electron chi connectivity index (χ2n) is 6.33. The van der Waals surface area contributed by atoms with Gasteiger partial charge in [-0.05, 0) is 23.6 Å². The van der Waals surface area contributed by atoms with Gasteiger partial charge in [0.05, 0.1) is 12.2 Å². The Morgan fingerprint density at radius 1 is 0.769 bits per heavy atom. The lowest BCUT2D eigenvalue weighted by Gasteiger charge is -2.39. The molecule has 26 heavy (non-hydrogen) atoms. The van der Waals surface area contributed by atoms with Crippen LogP contribution in [0.4, 0.5) is 0 Å². The Balaban J connectivity index is 2.26. The minimum absolute atomic E-state index is 0.437. The molecule has 0 aliphatic rings. The SMILES string of the molecule is C=C[C@@H](O)[C@H](C)OC(c1ccccc1)(c1ccccc1)c1ccccc1. The monoisotopic (exact) mass is 344 g/mol. The molecule has 0 unspecified atom stereocenters. The molecule has 1 N–H and O–H groups in total. The first kappa shape index (κ1) is 18.1. The van der Waals surface area contributed by atoms with Crippen molar-refractivity contribution in [3.8, 4) is 0 Å². The highest BCUT2D eigenvalue weighted by molar-refractivity contribution is 5.47. The van der Waals surface area contributed by atoms with E-state index in [-0.39, 0.29) is 0 Å². The highest BCUT2D eigenvalue weighted by atomic mass is 16.5. The fourth-order valence-corrected chi connectivity index (χ4v) is 3.26. The van der Waals surface area contributed by atoms with Crippen LogP contribution >= 0.6 is 0 Å². The molecule has 3 rings (SSSR count). The fraction of sp³-hybridized carbons (Fsp3) is 0.167. The van der Waals surface area contributed by atoms with E-state index < -0.39 is 17.8 Å². The van der Waals surface area contributed by atoms with Crippen molar-refractivity contribution in [3.05, 3.63) is 120 Å². The molecule has 0 radical (unpaired) electrons. The van der Waals surface area contributed by atoms with Gasteiger partial charge in [-0.2, -0.15) is 0 Å². The van der Waals surface area contributed by atoms with Gasteiger partial charge in [-0.25, -0.2) is 0 Å². The van der Waals surface area contributed by atoms with Crippen molar-refractivity contribution < 1.29 is 9.84 Å². The van der Waals surface area contributed by atoms with E-state index in [2.05, 4.69) is 43.0 Å². The van der Waals surface area contributed by atoms with Crippen LogP contribution in [0.3, 0.4) is 0 Å². The summed E-state index contributed by atoms with van der Waals surface area (Å²) in [5.74, 6) is 0. The average Bonchev–Trinajstić information content (AvgIpc) is 2.73. The summed E-state index contributed by atoms with van der Waals surface area (Å²) in [7, 11) is 0. The Morgan fingerprint density at radius 2 is 1.12 bits per heavy atom. The summed E-state index contributed by atoms with van der Waals surface area (Å²) >= 11 is 0. The van der Waals surface area contributed by atoms with E-state index in [0.29, 0.717) is 0 Å². The number of hydrogen-bond acceptors (Lipinski definition) is 2. The summed E-state index contributed by atoms with van der Waals surface area (Å²) in [5, 5.41) is 10.3. The molecule has 0 aliphatic carbocycles. The Morgan fingerprint density at radius 3 is 1.42 bits per heavy atom. The number of aliphatic hydroxyl groups excluding tert-OH is 1. The van der Waals surface area contributed by atoms with Gasteiger partial charge in [-0.3, -0.25) is 0 Å². The summed E-state index contributed by atoms with van der Waals surface area (Å²) in [4.78, 5) is 0. The van der Waals surface area contributed by atoms with Crippen LogP contribution in [0.2, 0.25) is 0 Å². The molecule has 2 nitrogen and oxygen atoms in total. The average molecular weight is 344 g/mol. The topological polar surface area (TPSA) is 29.5 Å². The lowest BCUT2D eigenvalue weighted by Crippen LogP contribution is -2.39. The second kappa shape index (κ2) is 8.13. The van der Waals surface area contributed by atoms with Crippen LogP contribution in [-0.4, -0.2) is 17.3 Å². The van der Waals surface area contributed by atoms with Crippen molar-refractivity contribution in [1.29, 1.82) is 0 Å². The molecule has 0 heterocycles. The predicted octanol–water partition coefficient (Wildman–Crippen LogP) is 4.93. The summed E-state index contributed by atoms with van der Waals surface area (Å²) in [6, 6.07) is 30.4. The first-order valence-electron chi connectivity index (χ1n) is 8.83. The molecule has 132 valence electrons. The molecule has 0 aromatic heterocycles. The van der Waals surface area contributed by atoms with Gasteiger partial charge in [0.15, 0.2) is 0 Å². The maximum atomic E-state index is 10.3. The molecule has 0 spiro atoms. The normalized spacial score (nSPS) is 13.8. The van der Waals surface area contributed by atoms with Crippen molar-refractivity contribution in [1.82, 2.24) is 0 Å². The molecule has 2 heteroatoms. The first-order valence-corrected chi connectivity index (χ1v) is 8.83. The van der Waals surface area contributed by atoms with Crippen LogP contribution in [0, 0.1) is 0 Å². The lowest BCUT2D eigenvalue weighted by atomic mass is 9.80. The molecule has 3 aromatic rings. The highest BCUT2D eigenvalue weighted by Gasteiger charge is 2.39. The smallest absolute Gasteiger partial charge is 0.144 e. The maximum absolute atomic E-state index is 10.3. The summed E-state index contributed by atoms with van der Waals surface area (Å²) in [6.07, 6.45) is 0.315. The molecule has 0 saturated heterocycles. The molecule has 0 bridgehead atoms. The van der Waals surface area contributed by atoms with E-state index >= 15 is 0 Å². The second-order valence-corrected chi connectivity index (χ2v) is 6.33. The van der Waals surface area contributed by atoms with E-state index in [9.17, 15) is 5.11 Å². The molecule has 0 fully saturated rings. The number of ether oxygens (including phenoxy) is 1. The van der Waals surface area contributed by atoms with E-state index in [0.717, 1.165) is 16.7 Å². The number of aliphatic hydroxyl groups is 1. The van der Waals surface area contributed by atoms with Gasteiger partial charge in [0, 0.05) is 0 Å². The van der Waals surface area contributed by atoms with Crippen molar-refractivity contribution in [2.45, 2.75) is 24.7 Å². The molecule has 2 atom stereocenters. The molecular formula is C24H24O2. The zero-order chi connectivity index (χ0) is 18.4. The lowest BCUT2D eigenvalue weighted by molar-refractivity contribution is -0.0799. The number of rotatable bonds is 7. The molecule has 0 saturated carbocycles. The molecule has 0 amide bonds. The molecule has 3 aromatic carbocycles. The maximum Gasteiger partial charge on any atom is 0.144 e. The van der Waals surface area contributed by atoms with E-state index in [4.69, 9.17) is 4.74 Å². The summed E-state index contributed by atoms with van der Waals surface area (Å²) < 4.78 is 6.63. The zero-order valence-electron chi connectivity index (χ0n) is 15.0. The third kappa shape index (κ3) is 3.48. The van der Waals surface area contributed by atoms with Gasteiger partial charge in [0.25, 0.3) is 0 Å². The van der Waals surface area contributed by atoms with Gasteiger partial charge in [-0.15, -0.1) is 6.58 Å². The van der Waals surface area contributed by atoms with Crippen LogP contribution in [0.1, 0.15) is 23.6 Å². The van der Waals surface area contributed by atoms with E-state index in [1.165, 1.54) is 6.08 Å². The zero-order valence-corrected chi connectivity index (χ0v) is 15.0. The van der Waals surface area contributed by atoms with Crippen molar-refractivity contribution in [2.75, 3.05) is 0 Å². The van der Waals surface area contributed by atoms with Crippen LogP contribution in [-0.2, 0) is 10.3 Å². The third-order valence-corrected chi connectivity index (χ3v) is 4.63. The minimum atomic E-state index is -0.826. The number of hydrogen-bond donors (Lipinski definition) is 1. The summed E-state index contributed by atoms with van der Waals surface area (Å²) in [6.45, 7) is 5.57. The highest BCUT2D eigenvalue weighted by Crippen LogP contribution is 2.41. The first-order chi connectivity index (χ1) is 12.7. The Labute approximate surface area is 155 Å². The Bertz CT molecular complexity index is 716. The standard InChI is InChI=1S/C24H24O2/c1-3-23(25)19(2)26-24(20-13-7-4-8-14-20,21-15-9-5-10-16-21)22-17-11-6-12-18-22/h3-19,23,25H,1H2,2H3/t19-,23+/m0/s1. The van der Waals surface area contributed by atoms with E-state index in [1.807, 2.05) is 61.5 Å². The summed E-state index contributed by atoms with van der Waals surface area (Å²) in [5.41, 5.74) is 2.22. The Hall–Kier alpha value is -2.68. The van der Waals surface area contributed by atoms with Gasteiger partial charge >= 0.3 is 0 Å². The van der Waals surface area contributed by atoms with Gasteiger partial charge in [0.1, 0.15) is 5.60 Å². The fourth-order valence-electron chi connectivity index (χ4n) is 3.26. The van der Waals surface area contributed by atoms with Gasteiger partial charge < -0.3 is 9.84 Å². The van der Waals surface area contributed by atoms with Crippen molar-refractivity contribution in [3.63, 3.8) is 0 Å². The minimum Gasteiger partial charge on any atom is -0.386 e. The van der Waals surface area contributed by atoms with E-state index in [1.54, 1.807) is 0 Å². The van der Waals surface area contributed by atoms with Crippen molar-refractivity contribution >= 4 is 0 Å². The van der Waals surface area contributed by atoms with Crippen molar-refractivity contribution in [2.24, 2.45) is 0 Å². The van der Waals surface area contributed by atoms with Crippen LogP contribution in [0.25, 0.3) is 0 Å². The largest absolute Gasteiger partial charge is 0.386 e. The molecular weight excluding hydrogens is 320 g/mol. The molecule has 0 aliphatic heterocycles. The van der Waals surface area contributed by atoms with Gasteiger partial charge in [0.2, 0.25) is 0 Å².